The zero-order chi connectivity index (χ0) is 42.4. The number of hydrogen-bond donors (Lipinski definition) is 0. The molecule has 0 aliphatic heterocycles. The monoisotopic (exact) mass is 708 g/mol. The van der Waals surface area contributed by atoms with Gasteiger partial charge in [0.25, 0.3) is 0 Å². The van der Waals surface area contributed by atoms with Gasteiger partial charge >= 0.3 is 0 Å². The van der Waals surface area contributed by atoms with Crippen LogP contribution in [0.5, 0.6) is 0 Å². The summed E-state index contributed by atoms with van der Waals surface area (Å²) >= 11 is 0. The highest BCUT2D eigenvalue weighted by Crippen LogP contribution is 2.59. The summed E-state index contributed by atoms with van der Waals surface area (Å²) in [7, 11) is 0. The van der Waals surface area contributed by atoms with Crippen LogP contribution in [-0.4, -0.2) is 0 Å². The first kappa shape index (κ1) is 25.0. The summed E-state index contributed by atoms with van der Waals surface area (Å²) in [5, 5.41) is 1.70. The molecule has 9 aromatic carbocycles. The Kier molecular flexibility index (Phi) is 5.66. The van der Waals surface area contributed by atoms with Gasteiger partial charge in [-0.05, 0) is 98.2 Å². The molecule has 1 aliphatic rings. The summed E-state index contributed by atoms with van der Waals surface area (Å²) in [6.45, 7) is 0. The Hall–Kier alpha value is -7.16. The molecule has 0 saturated carbocycles. The first-order chi connectivity index (χ1) is 30.2. The van der Waals surface area contributed by atoms with Crippen LogP contribution in [0, 0.1) is 0 Å². The molecular weight excluding hydrogens is 667 g/mol. The van der Waals surface area contributed by atoms with Crippen molar-refractivity contribution in [3.05, 3.63) is 234 Å². The average molecular weight is 709 g/mol. The Morgan fingerprint density at radius 2 is 1.13 bits per heavy atom. The van der Waals surface area contributed by atoms with Gasteiger partial charge in [0.1, 0.15) is 11.2 Å². The van der Waals surface area contributed by atoms with Gasteiger partial charge in [-0.3, -0.25) is 0 Å². The molecule has 0 amide bonds. The maximum absolute atomic E-state index is 9.85. The van der Waals surface area contributed by atoms with Crippen LogP contribution in [0.25, 0.3) is 55.0 Å². The molecule has 11 rings (SSSR count). The highest BCUT2D eigenvalue weighted by atomic mass is 16.3. The smallest absolute Gasteiger partial charge is 0.135 e. The van der Waals surface area contributed by atoms with Crippen molar-refractivity contribution >= 4 is 49.8 Å². The fourth-order valence-electron chi connectivity index (χ4n) is 8.72. The second-order valence-electron chi connectivity index (χ2n) is 13.9. The van der Waals surface area contributed by atoms with Gasteiger partial charge in [-0.1, -0.05) is 164 Å². The van der Waals surface area contributed by atoms with Crippen LogP contribution in [0.4, 0.5) is 17.1 Å². The second kappa shape index (κ2) is 12.5. The van der Waals surface area contributed by atoms with Gasteiger partial charge in [-0.2, -0.15) is 0 Å². The number of rotatable bonds is 6. The molecule has 2 heteroatoms. The van der Waals surface area contributed by atoms with Crippen molar-refractivity contribution in [2.24, 2.45) is 0 Å². The van der Waals surface area contributed by atoms with Gasteiger partial charge in [-0.25, -0.2) is 0 Å². The molecule has 0 radical (unpaired) electrons. The van der Waals surface area contributed by atoms with E-state index in [2.05, 4.69) is 71.6 Å². The minimum absolute atomic E-state index is 0.0496. The lowest BCUT2D eigenvalue weighted by atomic mass is 9.66. The van der Waals surface area contributed by atoms with Gasteiger partial charge in [-0.15, -0.1) is 0 Å². The van der Waals surface area contributed by atoms with Gasteiger partial charge < -0.3 is 9.32 Å². The summed E-state index contributed by atoms with van der Waals surface area (Å²) in [6.07, 6.45) is 0. The lowest BCUT2D eigenvalue weighted by Gasteiger charge is -2.35. The SMILES string of the molecule is [2H]c1c([2H])c([2H])c2c(C3(c4ccc5oc6ccccc6c5c4)c4ccccc4-c4cc(N(c5ccccc5)c5ccccc5-c5ccccc5)ccc43)c([2H])c([2H])c([2H])c2c1[2H]. The summed E-state index contributed by atoms with van der Waals surface area (Å²) in [6, 6.07) is 54.0. The third-order valence-electron chi connectivity index (χ3n) is 11.0. The van der Waals surface area contributed by atoms with Gasteiger partial charge in [0.15, 0.2) is 0 Å². The molecule has 258 valence electrons. The zero-order valence-electron chi connectivity index (χ0n) is 36.5. The molecule has 55 heavy (non-hydrogen) atoms. The fraction of sp³-hybridized carbons (Fsp3) is 0.0189. The Bertz CT molecular complexity index is 3450. The molecule has 0 spiro atoms. The molecule has 1 aromatic heterocycles. The highest BCUT2D eigenvalue weighted by Gasteiger charge is 2.47. The Balaban J connectivity index is 1.28. The topological polar surface area (TPSA) is 16.4 Å². The molecule has 0 saturated heterocycles. The predicted octanol–water partition coefficient (Wildman–Crippen LogP) is 14.2. The van der Waals surface area contributed by atoms with Crippen molar-refractivity contribution in [2.45, 2.75) is 5.41 Å². The summed E-state index contributed by atoms with van der Waals surface area (Å²) in [5.41, 5.74) is 9.16. The van der Waals surface area contributed by atoms with E-state index in [4.69, 9.17) is 9.90 Å². The molecule has 0 bridgehead atoms. The van der Waals surface area contributed by atoms with Crippen molar-refractivity contribution in [1.29, 1.82) is 0 Å². The van der Waals surface area contributed by atoms with Crippen LogP contribution in [0.2, 0.25) is 0 Å². The number of furan rings is 1. The fourth-order valence-corrected chi connectivity index (χ4v) is 8.72. The van der Waals surface area contributed by atoms with Crippen LogP contribution in [-0.2, 0) is 5.41 Å². The number of nitrogens with zero attached hydrogens (tertiary/aromatic N) is 1. The molecule has 1 atom stereocenters. The molecule has 10 aromatic rings. The molecule has 1 aliphatic carbocycles. The number of fused-ring (bicyclic) bond motifs is 7. The largest absolute Gasteiger partial charge is 0.456 e. The maximum atomic E-state index is 9.85. The first-order valence-electron chi connectivity index (χ1n) is 21.9. The van der Waals surface area contributed by atoms with Gasteiger partial charge in [0, 0.05) is 27.7 Å². The van der Waals surface area contributed by atoms with Crippen LogP contribution >= 0.6 is 0 Å². The van der Waals surface area contributed by atoms with E-state index < -0.39 is 35.6 Å². The summed E-state index contributed by atoms with van der Waals surface area (Å²) < 4.78 is 70.6. The minimum atomic E-state index is -1.40. The van der Waals surface area contributed by atoms with E-state index in [9.17, 15) is 4.11 Å². The lowest BCUT2D eigenvalue weighted by Crippen LogP contribution is -2.29. The van der Waals surface area contributed by atoms with E-state index in [0.29, 0.717) is 5.58 Å². The normalized spacial score (nSPS) is 16.4. The van der Waals surface area contributed by atoms with E-state index in [1.165, 1.54) is 0 Å². The van der Waals surface area contributed by atoms with Crippen molar-refractivity contribution in [3.8, 4) is 22.3 Å². The van der Waals surface area contributed by atoms with Crippen molar-refractivity contribution < 1.29 is 14.0 Å². The Labute approximate surface area is 330 Å². The van der Waals surface area contributed by atoms with E-state index in [1.54, 1.807) is 0 Å². The average Bonchev–Trinajstić information content (AvgIpc) is 3.83. The summed E-state index contributed by atoms with van der Waals surface area (Å²) in [4.78, 5) is 2.24. The first-order valence-corrected chi connectivity index (χ1v) is 18.4. The predicted molar refractivity (Wildman–Crippen MR) is 229 cm³/mol. The number of anilines is 3. The standard InChI is InChI=1S/C53H35NO/c1-3-16-37(17-4-1)42-23-10-13-28-50(42)54(39-20-5-2-6-21-39)40-31-32-49-45(35-40)43-24-9-12-26-48(43)53(49,47-27-15-19-36-18-7-8-22-41(36)47)38-30-33-52-46(34-38)44-25-11-14-29-51(44)55-52/h1-35H/i7D,8D,15D,18D,19D,22D,27D. The van der Waals surface area contributed by atoms with Gasteiger partial charge in [0.05, 0.1) is 20.7 Å². The summed E-state index contributed by atoms with van der Waals surface area (Å²) in [5.74, 6) is 0. The third-order valence-corrected chi connectivity index (χ3v) is 11.0. The van der Waals surface area contributed by atoms with Crippen LogP contribution in [0.1, 0.15) is 31.8 Å². The number of hydrogen-bond acceptors (Lipinski definition) is 2. The molecule has 1 unspecified atom stereocenters. The van der Waals surface area contributed by atoms with E-state index in [-0.39, 0.29) is 28.4 Å². The lowest BCUT2D eigenvalue weighted by molar-refractivity contribution is 0.668. The highest BCUT2D eigenvalue weighted by molar-refractivity contribution is 6.06. The van der Waals surface area contributed by atoms with E-state index in [1.807, 2.05) is 103 Å². The zero-order valence-corrected chi connectivity index (χ0v) is 29.5. The van der Waals surface area contributed by atoms with Crippen LogP contribution in [0.15, 0.2) is 217 Å². The van der Waals surface area contributed by atoms with Gasteiger partial charge in [0.2, 0.25) is 0 Å². The molecule has 0 fully saturated rings. The third kappa shape index (κ3) is 4.75. The number of benzene rings is 9. The minimum Gasteiger partial charge on any atom is -0.456 e. The van der Waals surface area contributed by atoms with Crippen molar-refractivity contribution in [2.75, 3.05) is 4.90 Å². The van der Waals surface area contributed by atoms with E-state index >= 15 is 0 Å². The quantitative estimate of drug-likeness (QED) is 0.171. The molecule has 0 N–H and O–H groups in total. The maximum Gasteiger partial charge on any atom is 0.135 e. The van der Waals surface area contributed by atoms with Crippen molar-refractivity contribution in [3.63, 3.8) is 0 Å². The van der Waals surface area contributed by atoms with Crippen molar-refractivity contribution in [1.82, 2.24) is 0 Å². The molecule has 1 heterocycles. The molecule has 2 nitrogen and oxygen atoms in total. The molecular formula is C53H35NO. The number of para-hydroxylation sites is 3. The van der Waals surface area contributed by atoms with Crippen LogP contribution in [0.3, 0.4) is 0 Å². The second-order valence-corrected chi connectivity index (χ2v) is 13.9. The Morgan fingerprint density at radius 3 is 2.02 bits per heavy atom. The van der Waals surface area contributed by atoms with E-state index in [0.717, 1.165) is 72.4 Å². The van der Waals surface area contributed by atoms with Crippen LogP contribution < -0.4 is 4.90 Å². The Morgan fingerprint density at radius 1 is 0.436 bits per heavy atom.